The van der Waals surface area contributed by atoms with Crippen molar-refractivity contribution in [3.63, 3.8) is 0 Å². The first-order valence-electron chi connectivity index (χ1n) is 7.40. The standard InChI is InChI=1S/C10H8O4.C8H6O4/c11-9-7-1-2-8(4-3-7)10(12)14-6-5-13-9;9-7(10)5-3-1-2-4-6(5)8(11)12/h1-4H,5-6H2;1-4H,(H,9,10)(H,11,12). The molecular weight excluding hydrogens is 344 g/mol. The van der Waals surface area contributed by atoms with Crippen LogP contribution in [0.3, 0.4) is 0 Å². The molecule has 0 saturated carbocycles. The number of fused-ring (bicyclic) bond motifs is 7. The molecule has 2 N–H and O–H groups in total. The molecule has 0 amide bonds. The van der Waals surface area contributed by atoms with E-state index in [9.17, 15) is 19.2 Å². The van der Waals surface area contributed by atoms with Crippen molar-refractivity contribution in [1.82, 2.24) is 0 Å². The highest BCUT2D eigenvalue weighted by atomic mass is 16.6. The van der Waals surface area contributed by atoms with Gasteiger partial charge in [0.1, 0.15) is 13.2 Å². The Morgan fingerprint density at radius 2 is 1.04 bits per heavy atom. The number of hydrogen-bond donors (Lipinski definition) is 2. The highest BCUT2D eigenvalue weighted by Crippen LogP contribution is 2.09. The van der Waals surface area contributed by atoms with Crippen molar-refractivity contribution in [2.75, 3.05) is 13.2 Å². The number of carboxylic acid groups (broad SMARTS) is 2. The largest absolute Gasteiger partial charge is 0.478 e. The molecule has 4 rings (SSSR count). The first kappa shape index (κ1) is 18.7. The van der Waals surface area contributed by atoms with E-state index in [0.29, 0.717) is 11.1 Å². The van der Waals surface area contributed by atoms with Gasteiger partial charge in [0.25, 0.3) is 0 Å². The molecule has 2 aliphatic heterocycles. The summed E-state index contributed by atoms with van der Waals surface area (Å²) in [5.74, 6) is -3.25. The van der Waals surface area contributed by atoms with E-state index in [1.54, 1.807) is 24.3 Å². The normalized spacial score (nSPS) is 12.9. The number of rotatable bonds is 2. The van der Waals surface area contributed by atoms with Crippen LogP contribution in [-0.4, -0.2) is 47.3 Å². The summed E-state index contributed by atoms with van der Waals surface area (Å²) < 4.78 is 9.66. The van der Waals surface area contributed by atoms with Crippen molar-refractivity contribution >= 4 is 23.9 Å². The molecule has 2 aromatic rings. The molecule has 26 heavy (non-hydrogen) atoms. The predicted molar refractivity (Wildman–Crippen MR) is 87.4 cm³/mol. The minimum atomic E-state index is -1.23. The molecule has 0 aliphatic carbocycles. The summed E-state index contributed by atoms with van der Waals surface area (Å²) in [6.45, 7) is 0.200. The second kappa shape index (κ2) is 8.43. The molecular formula is C18H14O8. The Bertz CT molecular complexity index is 769. The summed E-state index contributed by atoms with van der Waals surface area (Å²) in [4.78, 5) is 43.4. The van der Waals surface area contributed by atoms with Crippen LogP contribution in [0.15, 0.2) is 48.5 Å². The second-order valence-electron chi connectivity index (χ2n) is 5.01. The molecule has 2 aliphatic rings. The van der Waals surface area contributed by atoms with E-state index in [1.165, 1.54) is 24.3 Å². The zero-order valence-electron chi connectivity index (χ0n) is 13.4. The Balaban J connectivity index is 0.000000190. The number of esters is 2. The van der Waals surface area contributed by atoms with Crippen LogP contribution in [0.2, 0.25) is 0 Å². The quantitative estimate of drug-likeness (QED) is 0.781. The number of carbonyl (C=O) groups excluding carboxylic acids is 2. The molecule has 0 unspecified atom stereocenters. The predicted octanol–water partition coefficient (Wildman–Crippen LogP) is 2.10. The molecule has 0 aromatic heterocycles. The summed E-state index contributed by atoms with van der Waals surface area (Å²) in [7, 11) is 0. The van der Waals surface area contributed by atoms with Gasteiger partial charge in [0, 0.05) is 0 Å². The third-order valence-electron chi connectivity index (χ3n) is 3.29. The van der Waals surface area contributed by atoms with Crippen LogP contribution in [0.4, 0.5) is 0 Å². The molecule has 0 radical (unpaired) electrons. The Hall–Kier alpha value is -3.68. The minimum absolute atomic E-state index is 0.100. The number of benzene rings is 2. The monoisotopic (exact) mass is 358 g/mol. The lowest BCUT2D eigenvalue weighted by Crippen LogP contribution is -2.16. The van der Waals surface area contributed by atoms with Crippen molar-refractivity contribution in [1.29, 1.82) is 0 Å². The van der Waals surface area contributed by atoms with Crippen LogP contribution < -0.4 is 0 Å². The van der Waals surface area contributed by atoms with Gasteiger partial charge in [-0.05, 0) is 36.4 Å². The molecule has 8 nitrogen and oxygen atoms in total. The van der Waals surface area contributed by atoms with Gasteiger partial charge in [0.2, 0.25) is 0 Å². The van der Waals surface area contributed by atoms with E-state index in [4.69, 9.17) is 19.7 Å². The van der Waals surface area contributed by atoms with Gasteiger partial charge in [-0.1, -0.05) is 12.1 Å². The molecule has 0 fully saturated rings. The van der Waals surface area contributed by atoms with Crippen LogP contribution >= 0.6 is 0 Å². The third kappa shape index (κ3) is 4.67. The average Bonchev–Trinajstić information content (AvgIpc) is 2.65. The minimum Gasteiger partial charge on any atom is -0.478 e. The van der Waals surface area contributed by atoms with E-state index in [0.717, 1.165) is 0 Å². The Morgan fingerprint density at radius 3 is 1.35 bits per heavy atom. The number of carboxylic acids is 2. The van der Waals surface area contributed by atoms with E-state index in [-0.39, 0.29) is 24.3 Å². The average molecular weight is 358 g/mol. The summed E-state index contributed by atoms with van der Waals surface area (Å²) in [6.07, 6.45) is 0. The van der Waals surface area contributed by atoms with Crippen molar-refractivity contribution < 1.29 is 38.9 Å². The molecule has 2 heterocycles. The summed E-state index contributed by atoms with van der Waals surface area (Å²) in [6, 6.07) is 11.7. The lowest BCUT2D eigenvalue weighted by molar-refractivity contribution is 0.0260. The van der Waals surface area contributed by atoms with Crippen LogP contribution in [0.5, 0.6) is 0 Å². The van der Waals surface area contributed by atoms with E-state index < -0.39 is 23.9 Å². The number of ether oxygens (including phenoxy) is 2. The lowest BCUT2D eigenvalue weighted by Gasteiger charge is -2.09. The summed E-state index contributed by atoms with van der Waals surface area (Å²) in [5, 5.41) is 17.1. The van der Waals surface area contributed by atoms with Crippen LogP contribution in [0, 0.1) is 0 Å². The molecule has 2 bridgehead atoms. The molecule has 0 atom stereocenters. The van der Waals surface area contributed by atoms with E-state index in [1.807, 2.05) is 0 Å². The highest BCUT2D eigenvalue weighted by Gasteiger charge is 2.14. The van der Waals surface area contributed by atoms with Crippen LogP contribution in [0.1, 0.15) is 41.4 Å². The maximum atomic E-state index is 11.3. The highest BCUT2D eigenvalue weighted by molar-refractivity contribution is 6.01. The topological polar surface area (TPSA) is 127 Å². The maximum Gasteiger partial charge on any atom is 0.338 e. The van der Waals surface area contributed by atoms with Gasteiger partial charge in [-0.3, -0.25) is 0 Å². The fourth-order valence-electron chi connectivity index (χ4n) is 2.03. The van der Waals surface area contributed by atoms with Crippen molar-refractivity contribution in [2.45, 2.75) is 0 Å². The smallest absolute Gasteiger partial charge is 0.338 e. The molecule has 8 heteroatoms. The zero-order valence-corrected chi connectivity index (χ0v) is 13.4. The van der Waals surface area contributed by atoms with Gasteiger partial charge < -0.3 is 19.7 Å². The number of carbonyl (C=O) groups is 4. The Labute approximate surface area is 147 Å². The van der Waals surface area contributed by atoms with Gasteiger partial charge in [-0.25, -0.2) is 19.2 Å². The Kier molecular flexibility index (Phi) is 6.05. The van der Waals surface area contributed by atoms with Crippen LogP contribution in [-0.2, 0) is 9.47 Å². The molecule has 134 valence electrons. The Morgan fingerprint density at radius 1 is 0.692 bits per heavy atom. The second-order valence-corrected chi connectivity index (χ2v) is 5.01. The number of aromatic carboxylic acids is 2. The first-order valence-corrected chi connectivity index (χ1v) is 7.40. The fraction of sp³-hybridized carbons (Fsp3) is 0.111. The SMILES string of the molecule is O=C(O)c1ccccc1C(=O)O.O=C1OCCOC(=O)c2ccc1cc2. The van der Waals surface area contributed by atoms with Gasteiger partial charge in [0.15, 0.2) is 0 Å². The van der Waals surface area contributed by atoms with E-state index in [2.05, 4.69) is 0 Å². The van der Waals surface area contributed by atoms with E-state index >= 15 is 0 Å². The fourth-order valence-corrected chi connectivity index (χ4v) is 2.03. The lowest BCUT2D eigenvalue weighted by atomic mass is 10.1. The van der Waals surface area contributed by atoms with Gasteiger partial charge >= 0.3 is 23.9 Å². The third-order valence-corrected chi connectivity index (χ3v) is 3.29. The van der Waals surface area contributed by atoms with Gasteiger partial charge in [0.05, 0.1) is 22.3 Å². The summed E-state index contributed by atoms with van der Waals surface area (Å²) >= 11 is 0. The van der Waals surface area contributed by atoms with Gasteiger partial charge in [-0.15, -0.1) is 0 Å². The first-order chi connectivity index (χ1) is 12.4. The summed E-state index contributed by atoms with van der Waals surface area (Å²) in [5.41, 5.74) is 0.516. The van der Waals surface area contributed by atoms with Crippen molar-refractivity contribution in [2.24, 2.45) is 0 Å². The van der Waals surface area contributed by atoms with Crippen molar-refractivity contribution in [3.8, 4) is 0 Å². The molecule has 0 spiro atoms. The number of hydrogen-bond acceptors (Lipinski definition) is 6. The van der Waals surface area contributed by atoms with Crippen LogP contribution in [0.25, 0.3) is 0 Å². The zero-order chi connectivity index (χ0) is 19.1. The van der Waals surface area contributed by atoms with Gasteiger partial charge in [-0.2, -0.15) is 0 Å². The maximum absolute atomic E-state index is 11.3. The van der Waals surface area contributed by atoms with Crippen molar-refractivity contribution in [3.05, 3.63) is 70.8 Å². The molecule has 2 aromatic carbocycles. The molecule has 0 saturated heterocycles.